The Morgan fingerprint density at radius 2 is 1.85 bits per heavy atom. The van der Waals surface area contributed by atoms with Gasteiger partial charge in [0.05, 0.1) is 15.9 Å². The van der Waals surface area contributed by atoms with E-state index >= 15 is 0 Å². The number of halogens is 1. The Morgan fingerprint density at radius 3 is 2.49 bits per heavy atom. The summed E-state index contributed by atoms with van der Waals surface area (Å²) in [5.41, 5.74) is -0.0589. The van der Waals surface area contributed by atoms with Gasteiger partial charge in [-0.05, 0) is 119 Å². The summed E-state index contributed by atoms with van der Waals surface area (Å²) in [6, 6.07) is 4.08. The molecule has 0 aliphatic heterocycles. The number of fused-ring (bicyclic) bond motifs is 5. The normalized spacial score (nSPS) is 38.6. The van der Waals surface area contributed by atoms with Crippen molar-refractivity contribution < 1.29 is 26.7 Å². The standard InChI is InChI=1S/C31H46BrNO6S2/c1-17(2)29(25-8-9-26(32)40-25)33-27(35)14-18(3)21-6-7-22-28-23(11-13-31(21,22)5)30(4)12-10-20(34)15-19(30)16-24(28)39-41(36,37)38/h8-9,17-19,21-24,28-29H,6-7,10-16H2,1-5H3,(H,33,35)(H,36,37,38)/t18-,19+,21?,22+,23+,24-,28+,29+,30+,31-/m1/s1. The number of hydrogen-bond donors (Lipinski definition) is 2. The van der Waals surface area contributed by atoms with Crippen molar-refractivity contribution in [1.82, 2.24) is 5.32 Å². The lowest BCUT2D eigenvalue weighted by molar-refractivity contribution is -0.164. The minimum Gasteiger partial charge on any atom is -0.348 e. The Kier molecular flexibility index (Phi) is 8.94. The molecule has 41 heavy (non-hydrogen) atoms. The van der Waals surface area contributed by atoms with Crippen LogP contribution >= 0.6 is 27.3 Å². The molecule has 4 saturated carbocycles. The third-order valence-electron chi connectivity index (χ3n) is 11.9. The average Bonchev–Trinajstić information content (AvgIpc) is 3.45. The van der Waals surface area contributed by atoms with Gasteiger partial charge in [-0.3, -0.25) is 14.1 Å². The maximum absolute atomic E-state index is 13.4. The van der Waals surface area contributed by atoms with E-state index in [2.05, 4.69) is 61.9 Å². The molecular weight excluding hydrogens is 626 g/mol. The summed E-state index contributed by atoms with van der Waals surface area (Å²) in [4.78, 5) is 26.9. The molecule has 0 saturated heterocycles. The van der Waals surface area contributed by atoms with Crippen molar-refractivity contribution >= 4 is 49.4 Å². The number of rotatable bonds is 8. The molecule has 230 valence electrons. The van der Waals surface area contributed by atoms with Crippen molar-refractivity contribution in [3.63, 3.8) is 0 Å². The SMILES string of the molecule is CC(C)[C@H](NC(=O)C[C@@H](C)C1CC[C@H]2[C@@H]3[C@H](OS(=O)(=O)O)C[C@@H]4CC(=O)CC[C@]4(C)[C@H]3CC[C@]12C)c1ccc(Br)s1. The van der Waals surface area contributed by atoms with Gasteiger partial charge >= 0.3 is 10.4 Å². The third kappa shape index (κ3) is 6.11. The first-order valence-corrected chi connectivity index (χ1v) is 18.3. The number of amides is 1. The number of Topliss-reactive ketones (excluding diaryl/α,β-unsaturated/α-hetero) is 1. The van der Waals surface area contributed by atoms with Crippen LogP contribution in [0.5, 0.6) is 0 Å². The van der Waals surface area contributed by atoms with Crippen LogP contribution in [0.15, 0.2) is 15.9 Å². The summed E-state index contributed by atoms with van der Waals surface area (Å²) in [5, 5.41) is 3.31. The van der Waals surface area contributed by atoms with Crippen LogP contribution in [0, 0.1) is 52.3 Å². The van der Waals surface area contributed by atoms with E-state index in [1.807, 2.05) is 6.07 Å². The van der Waals surface area contributed by atoms with Crippen LogP contribution in [0.3, 0.4) is 0 Å². The highest BCUT2D eigenvalue weighted by atomic mass is 79.9. The predicted octanol–water partition coefficient (Wildman–Crippen LogP) is 7.38. The average molecular weight is 673 g/mol. The van der Waals surface area contributed by atoms with Crippen LogP contribution in [0.2, 0.25) is 0 Å². The smallest absolute Gasteiger partial charge is 0.348 e. The van der Waals surface area contributed by atoms with Gasteiger partial charge in [0.25, 0.3) is 0 Å². The van der Waals surface area contributed by atoms with E-state index < -0.39 is 16.5 Å². The zero-order chi connectivity index (χ0) is 29.9. The highest BCUT2D eigenvalue weighted by Crippen LogP contribution is 2.68. The highest BCUT2D eigenvalue weighted by Gasteiger charge is 2.64. The quantitative estimate of drug-likeness (QED) is 0.279. The summed E-state index contributed by atoms with van der Waals surface area (Å²) >= 11 is 5.20. The number of thiophene rings is 1. The number of carbonyl (C=O) groups is 2. The van der Waals surface area contributed by atoms with E-state index in [0.29, 0.717) is 31.6 Å². The minimum absolute atomic E-state index is 0.0127. The van der Waals surface area contributed by atoms with Crippen molar-refractivity contribution in [2.45, 2.75) is 105 Å². The maximum Gasteiger partial charge on any atom is 0.397 e. The van der Waals surface area contributed by atoms with E-state index in [9.17, 15) is 22.6 Å². The van der Waals surface area contributed by atoms with E-state index in [1.54, 1.807) is 11.3 Å². The number of carbonyl (C=O) groups excluding carboxylic acids is 2. The fraction of sp³-hybridized carbons (Fsp3) is 0.806. The Morgan fingerprint density at radius 1 is 1.15 bits per heavy atom. The Balaban J connectivity index is 1.34. The number of ketones is 1. The van der Waals surface area contributed by atoms with Crippen LogP contribution in [-0.4, -0.2) is 30.8 Å². The van der Waals surface area contributed by atoms with Crippen LogP contribution in [0.25, 0.3) is 0 Å². The summed E-state index contributed by atoms with van der Waals surface area (Å²) in [6.45, 7) is 11.1. The van der Waals surface area contributed by atoms with Crippen LogP contribution in [0.4, 0.5) is 0 Å². The minimum atomic E-state index is -4.62. The van der Waals surface area contributed by atoms with Crippen molar-refractivity contribution in [2.75, 3.05) is 0 Å². The molecule has 1 aromatic rings. The first-order chi connectivity index (χ1) is 19.1. The van der Waals surface area contributed by atoms with Gasteiger partial charge in [-0.15, -0.1) is 11.3 Å². The molecule has 0 bridgehead atoms. The Bertz CT molecular complexity index is 1260. The highest BCUT2D eigenvalue weighted by molar-refractivity contribution is 9.11. The summed E-state index contributed by atoms with van der Waals surface area (Å²) in [5.74, 6) is 1.74. The molecule has 10 atom stereocenters. The van der Waals surface area contributed by atoms with Crippen molar-refractivity contribution in [2.24, 2.45) is 52.3 Å². The van der Waals surface area contributed by atoms with Gasteiger partial charge in [0.15, 0.2) is 0 Å². The molecule has 1 amide bonds. The Labute approximate surface area is 258 Å². The van der Waals surface area contributed by atoms with Crippen LogP contribution in [-0.2, 0) is 24.2 Å². The molecule has 4 aliphatic rings. The fourth-order valence-electron chi connectivity index (χ4n) is 9.95. The topological polar surface area (TPSA) is 110 Å². The monoisotopic (exact) mass is 671 g/mol. The second-order valence-electron chi connectivity index (χ2n) is 14.4. The van der Waals surface area contributed by atoms with Crippen LogP contribution < -0.4 is 5.32 Å². The largest absolute Gasteiger partial charge is 0.397 e. The zero-order valence-electron chi connectivity index (χ0n) is 24.9. The van der Waals surface area contributed by atoms with E-state index in [-0.39, 0.29) is 64.1 Å². The lowest BCUT2D eigenvalue weighted by atomic mass is 9.44. The molecule has 4 fully saturated rings. The molecule has 2 N–H and O–H groups in total. The lowest BCUT2D eigenvalue weighted by Gasteiger charge is -2.62. The first-order valence-electron chi connectivity index (χ1n) is 15.3. The molecule has 7 nitrogen and oxygen atoms in total. The Hall–Kier alpha value is -0.810. The van der Waals surface area contributed by atoms with Gasteiger partial charge in [0.1, 0.15) is 5.78 Å². The predicted molar refractivity (Wildman–Crippen MR) is 164 cm³/mol. The van der Waals surface area contributed by atoms with Gasteiger partial charge in [-0.1, -0.05) is 34.6 Å². The van der Waals surface area contributed by atoms with Crippen LogP contribution in [0.1, 0.15) is 103 Å². The van der Waals surface area contributed by atoms with Crippen molar-refractivity contribution in [3.05, 3.63) is 20.8 Å². The van der Waals surface area contributed by atoms with Crippen molar-refractivity contribution in [3.8, 4) is 0 Å². The molecule has 5 rings (SSSR count). The lowest BCUT2D eigenvalue weighted by Crippen LogP contribution is -2.59. The third-order valence-corrected chi connectivity index (χ3v) is 14.1. The molecular formula is C31H46BrNO6S2. The summed E-state index contributed by atoms with van der Waals surface area (Å²) in [6.07, 6.45) is 6.22. The van der Waals surface area contributed by atoms with E-state index in [0.717, 1.165) is 40.8 Å². The first kappa shape index (κ1) is 31.6. The fourth-order valence-corrected chi connectivity index (χ4v) is 12.1. The van der Waals surface area contributed by atoms with Gasteiger partial charge < -0.3 is 5.32 Å². The molecule has 0 radical (unpaired) electrons. The molecule has 1 heterocycles. The van der Waals surface area contributed by atoms with Crippen molar-refractivity contribution in [1.29, 1.82) is 0 Å². The van der Waals surface area contributed by atoms with Gasteiger partial charge in [0.2, 0.25) is 5.91 Å². The second-order valence-corrected chi connectivity index (χ2v) is 17.9. The summed E-state index contributed by atoms with van der Waals surface area (Å²) in [7, 11) is -4.62. The maximum atomic E-state index is 13.4. The zero-order valence-corrected chi connectivity index (χ0v) is 28.1. The van der Waals surface area contributed by atoms with Gasteiger partial charge in [-0.2, -0.15) is 8.42 Å². The molecule has 0 aromatic carbocycles. The van der Waals surface area contributed by atoms with E-state index in [4.69, 9.17) is 4.18 Å². The summed E-state index contributed by atoms with van der Waals surface area (Å²) < 4.78 is 40.3. The second kappa shape index (κ2) is 11.6. The molecule has 1 aromatic heterocycles. The number of nitrogens with one attached hydrogen (secondary N) is 1. The van der Waals surface area contributed by atoms with Gasteiger partial charge in [0, 0.05) is 24.1 Å². The number of hydrogen-bond acceptors (Lipinski definition) is 6. The molecule has 10 heteroatoms. The van der Waals surface area contributed by atoms with E-state index in [1.165, 1.54) is 0 Å². The molecule has 4 aliphatic carbocycles. The molecule has 0 spiro atoms. The van der Waals surface area contributed by atoms with Gasteiger partial charge in [-0.25, -0.2) is 4.18 Å². The molecule has 1 unspecified atom stereocenters.